The Morgan fingerprint density at radius 2 is 2.31 bits per heavy atom. The average molecular weight is 205 g/mol. The first-order valence-corrected chi connectivity index (χ1v) is 4.26. The van der Waals surface area contributed by atoms with Gasteiger partial charge in [0.25, 0.3) is 0 Å². The van der Waals surface area contributed by atoms with Crippen LogP contribution >= 0.6 is 11.6 Å². The fourth-order valence-electron chi connectivity index (χ4n) is 1.51. The van der Waals surface area contributed by atoms with Gasteiger partial charge in [0.2, 0.25) is 0 Å². The van der Waals surface area contributed by atoms with Crippen LogP contribution < -0.4 is 4.90 Å². The minimum Gasteiger partial charge on any atom is -0.315 e. The first-order chi connectivity index (χ1) is 6.20. The highest BCUT2D eigenvalue weighted by Gasteiger charge is 2.27. The smallest absolute Gasteiger partial charge is 0.315 e. The second kappa shape index (κ2) is 3.10. The molecule has 1 aliphatic rings. The van der Waals surface area contributed by atoms with Gasteiger partial charge in [-0.3, -0.25) is 0 Å². The zero-order valence-corrected chi connectivity index (χ0v) is 7.43. The van der Waals surface area contributed by atoms with Gasteiger partial charge in [-0.05, 0) is 12.5 Å². The summed E-state index contributed by atoms with van der Waals surface area (Å²) in [4.78, 5) is 4.87. The maximum Gasteiger partial charge on any atom is 0.315 e. The van der Waals surface area contributed by atoms with Crippen LogP contribution in [-0.4, -0.2) is 18.1 Å². The molecule has 1 aromatic heterocycles. The van der Waals surface area contributed by atoms with Crippen molar-refractivity contribution >= 4 is 17.3 Å². The summed E-state index contributed by atoms with van der Waals surface area (Å²) in [5, 5.41) is 0.334. The zero-order valence-electron chi connectivity index (χ0n) is 6.67. The van der Waals surface area contributed by atoms with Crippen molar-refractivity contribution in [1.82, 2.24) is 4.98 Å². The van der Waals surface area contributed by atoms with Crippen LogP contribution in [0.5, 0.6) is 0 Å². The van der Waals surface area contributed by atoms with Crippen molar-refractivity contribution in [3.05, 3.63) is 23.0 Å². The van der Waals surface area contributed by atoms with Crippen LogP contribution in [0.1, 0.15) is 5.56 Å². The highest BCUT2D eigenvalue weighted by atomic mass is 35.5. The predicted octanol–water partition coefficient (Wildman–Crippen LogP) is 2.32. The van der Waals surface area contributed by atoms with E-state index >= 15 is 0 Å². The minimum absolute atomic E-state index is 0.318. The largest absolute Gasteiger partial charge is 0.315 e. The van der Waals surface area contributed by atoms with Gasteiger partial charge in [0.15, 0.2) is 0 Å². The quantitative estimate of drug-likeness (QED) is 0.516. The molecule has 0 aliphatic carbocycles. The molecule has 0 aromatic carbocycles. The van der Waals surface area contributed by atoms with Gasteiger partial charge >= 0.3 is 6.55 Å². The Hall–Kier alpha value is -0.900. The lowest BCUT2D eigenvalue weighted by Crippen LogP contribution is -2.26. The topological polar surface area (TPSA) is 16.1 Å². The van der Waals surface area contributed by atoms with Crippen LogP contribution in [0.2, 0.25) is 5.15 Å². The van der Waals surface area contributed by atoms with Crippen LogP contribution in [0.15, 0.2) is 12.3 Å². The van der Waals surface area contributed by atoms with Gasteiger partial charge in [-0.2, -0.15) is 8.78 Å². The number of pyridine rings is 1. The molecule has 0 unspecified atom stereocenters. The minimum atomic E-state index is -2.46. The number of halogens is 3. The molecule has 0 saturated heterocycles. The number of nitrogens with zero attached hydrogens (tertiary/aromatic N) is 2. The molecule has 0 spiro atoms. The van der Waals surface area contributed by atoms with Crippen molar-refractivity contribution in [2.24, 2.45) is 0 Å². The van der Waals surface area contributed by atoms with E-state index in [4.69, 9.17) is 11.6 Å². The number of aromatic nitrogens is 1. The third-order valence-corrected chi connectivity index (χ3v) is 2.45. The van der Waals surface area contributed by atoms with Crippen LogP contribution in [-0.2, 0) is 6.42 Å². The van der Waals surface area contributed by atoms with E-state index in [0.717, 1.165) is 10.5 Å². The van der Waals surface area contributed by atoms with E-state index in [1.807, 2.05) is 0 Å². The van der Waals surface area contributed by atoms with Crippen molar-refractivity contribution in [2.45, 2.75) is 13.0 Å². The van der Waals surface area contributed by atoms with Gasteiger partial charge in [-0.1, -0.05) is 11.6 Å². The molecule has 0 bridgehead atoms. The Bertz CT molecular complexity index is 330. The number of anilines is 1. The molecule has 13 heavy (non-hydrogen) atoms. The Labute approximate surface area is 79.1 Å². The number of alkyl halides is 2. The predicted molar refractivity (Wildman–Crippen MR) is 46.3 cm³/mol. The monoisotopic (exact) mass is 204 g/mol. The molecule has 0 N–H and O–H groups in total. The Morgan fingerprint density at radius 3 is 3.00 bits per heavy atom. The molecule has 0 amide bonds. The molecule has 0 atom stereocenters. The summed E-state index contributed by atoms with van der Waals surface area (Å²) in [6.07, 6.45) is 1.99. The summed E-state index contributed by atoms with van der Waals surface area (Å²) in [5.41, 5.74) is 1.24. The lowest BCUT2D eigenvalue weighted by molar-refractivity contribution is 0.145. The lowest BCUT2D eigenvalue weighted by atomic mass is 10.2. The van der Waals surface area contributed by atoms with E-state index in [1.165, 1.54) is 6.20 Å². The average Bonchev–Trinajstić information content (AvgIpc) is 2.48. The van der Waals surface area contributed by atoms with Gasteiger partial charge in [-0.25, -0.2) is 4.98 Å². The van der Waals surface area contributed by atoms with Gasteiger partial charge in [0.05, 0.1) is 0 Å². The van der Waals surface area contributed by atoms with E-state index in [2.05, 4.69) is 4.98 Å². The van der Waals surface area contributed by atoms with Crippen LogP contribution in [0.3, 0.4) is 0 Å². The Balaban J connectivity index is 2.43. The second-order valence-electron chi connectivity index (χ2n) is 2.82. The van der Waals surface area contributed by atoms with Crippen molar-refractivity contribution in [1.29, 1.82) is 0 Å². The molecular weight excluding hydrogens is 198 g/mol. The maximum absolute atomic E-state index is 12.4. The summed E-state index contributed by atoms with van der Waals surface area (Å²) in [5.74, 6) is 0. The lowest BCUT2D eigenvalue weighted by Gasteiger charge is -2.17. The molecule has 2 heterocycles. The molecule has 2 rings (SSSR count). The molecule has 0 radical (unpaired) electrons. The van der Waals surface area contributed by atoms with Crippen LogP contribution in [0.4, 0.5) is 14.5 Å². The summed E-state index contributed by atoms with van der Waals surface area (Å²) in [6, 6.07) is 1.57. The van der Waals surface area contributed by atoms with E-state index in [-0.39, 0.29) is 0 Å². The van der Waals surface area contributed by atoms with Gasteiger partial charge in [-0.15, -0.1) is 0 Å². The first-order valence-electron chi connectivity index (χ1n) is 3.88. The van der Waals surface area contributed by atoms with Crippen LogP contribution in [0.25, 0.3) is 0 Å². The molecular formula is C8H7ClF2N2. The molecule has 2 nitrogen and oxygen atoms in total. The maximum atomic E-state index is 12.4. The molecule has 1 aromatic rings. The highest BCUT2D eigenvalue weighted by molar-refractivity contribution is 6.30. The zero-order chi connectivity index (χ0) is 9.42. The standard InChI is InChI=1S/C8H7ClF2N2/c9-7-5-2-4-13(8(10)11)6(5)1-3-12-7/h1,3,8H,2,4H2. The van der Waals surface area contributed by atoms with Crippen molar-refractivity contribution in [2.75, 3.05) is 11.4 Å². The van der Waals surface area contributed by atoms with E-state index < -0.39 is 6.55 Å². The summed E-state index contributed by atoms with van der Waals surface area (Å²) in [6.45, 7) is -2.14. The third-order valence-electron chi connectivity index (χ3n) is 2.13. The SMILES string of the molecule is FC(F)N1CCc2c1ccnc2Cl. The Morgan fingerprint density at radius 1 is 1.54 bits per heavy atom. The van der Waals surface area contributed by atoms with Gasteiger partial charge in [0, 0.05) is 24.0 Å². The number of hydrogen-bond donors (Lipinski definition) is 0. The number of hydrogen-bond acceptors (Lipinski definition) is 2. The molecule has 0 saturated carbocycles. The third kappa shape index (κ3) is 1.35. The fraction of sp³-hybridized carbons (Fsp3) is 0.375. The second-order valence-corrected chi connectivity index (χ2v) is 3.18. The molecule has 70 valence electrons. The molecule has 5 heteroatoms. The summed E-state index contributed by atoms with van der Waals surface area (Å²) in [7, 11) is 0. The van der Waals surface area contributed by atoms with Gasteiger partial charge in [0.1, 0.15) is 5.15 Å². The van der Waals surface area contributed by atoms with Crippen molar-refractivity contribution < 1.29 is 8.78 Å². The molecule has 0 fully saturated rings. The summed E-state index contributed by atoms with van der Waals surface area (Å²) >= 11 is 5.76. The van der Waals surface area contributed by atoms with E-state index in [0.29, 0.717) is 23.8 Å². The normalized spacial score (nSPS) is 15.2. The number of fused-ring (bicyclic) bond motifs is 1. The van der Waals surface area contributed by atoms with Crippen molar-refractivity contribution in [3.63, 3.8) is 0 Å². The van der Waals surface area contributed by atoms with Crippen molar-refractivity contribution in [3.8, 4) is 0 Å². The highest BCUT2D eigenvalue weighted by Crippen LogP contribution is 2.33. The number of rotatable bonds is 1. The fourth-order valence-corrected chi connectivity index (χ4v) is 1.76. The Kier molecular flexibility index (Phi) is 2.07. The van der Waals surface area contributed by atoms with Gasteiger partial charge < -0.3 is 4.90 Å². The first kappa shape index (κ1) is 8.69. The van der Waals surface area contributed by atoms with Crippen LogP contribution in [0, 0.1) is 0 Å². The summed E-state index contributed by atoms with van der Waals surface area (Å²) < 4.78 is 24.8. The van der Waals surface area contributed by atoms with E-state index in [1.54, 1.807) is 6.07 Å². The van der Waals surface area contributed by atoms with E-state index in [9.17, 15) is 8.78 Å². The molecule has 1 aliphatic heterocycles.